The van der Waals surface area contributed by atoms with E-state index in [1.807, 2.05) is 0 Å². The van der Waals surface area contributed by atoms with Gasteiger partial charge in [-0.3, -0.25) is 14.4 Å². The van der Waals surface area contributed by atoms with Crippen molar-refractivity contribution in [3.05, 3.63) is 52.2 Å². The molecule has 0 bridgehead atoms. The van der Waals surface area contributed by atoms with Gasteiger partial charge in [-0.2, -0.15) is 0 Å². The van der Waals surface area contributed by atoms with E-state index in [0.717, 1.165) is 0 Å². The summed E-state index contributed by atoms with van der Waals surface area (Å²) in [6.45, 7) is 4.97. The molecular weight excluding hydrogens is 394 g/mol. The molecule has 0 unspecified atom stereocenters. The van der Waals surface area contributed by atoms with Crippen LogP contribution in [0.15, 0.2) is 41.8 Å². The fourth-order valence-corrected chi connectivity index (χ4v) is 3.01. The number of esters is 1. The number of anilines is 1. The molecular formula is C20H23N3O5S. The number of carbonyl (C=O) groups is 4. The highest BCUT2D eigenvalue weighted by atomic mass is 32.1. The van der Waals surface area contributed by atoms with Crippen LogP contribution >= 0.6 is 11.3 Å². The molecule has 8 nitrogen and oxygen atoms in total. The normalized spacial score (nSPS) is 12.7. The molecule has 0 aliphatic carbocycles. The summed E-state index contributed by atoms with van der Waals surface area (Å²) in [4.78, 5) is 48.6. The molecule has 3 amide bonds. The quantitative estimate of drug-likeness (QED) is 0.567. The summed E-state index contributed by atoms with van der Waals surface area (Å²) in [5, 5.41) is 7.01. The molecule has 0 saturated carbocycles. The molecule has 0 aliphatic heterocycles. The number of nitrogens with two attached hydrogens (primary N) is 1. The summed E-state index contributed by atoms with van der Waals surface area (Å²) < 4.78 is 5.25. The maximum Gasteiger partial charge on any atom is 0.329 e. The number of primary amides is 1. The van der Waals surface area contributed by atoms with Crippen molar-refractivity contribution in [3.63, 3.8) is 0 Å². The van der Waals surface area contributed by atoms with Crippen molar-refractivity contribution in [3.8, 4) is 0 Å². The number of carbonyl (C=O) groups excluding carboxylic acids is 4. The average Bonchev–Trinajstić information content (AvgIpc) is 3.20. The zero-order valence-electron chi connectivity index (χ0n) is 16.3. The first-order chi connectivity index (χ1) is 13.7. The van der Waals surface area contributed by atoms with Gasteiger partial charge in [0.25, 0.3) is 11.8 Å². The SMILES string of the molecule is CC(C)[C@@H](NC(=O)c1cccs1)C(=O)O[C@H](C)C(=O)Nc1ccc(C(N)=O)cc1. The van der Waals surface area contributed by atoms with Gasteiger partial charge in [0.1, 0.15) is 6.04 Å². The van der Waals surface area contributed by atoms with Crippen molar-refractivity contribution in [1.82, 2.24) is 5.32 Å². The van der Waals surface area contributed by atoms with Crippen molar-refractivity contribution >= 4 is 40.7 Å². The number of thiophene rings is 1. The number of hydrogen-bond acceptors (Lipinski definition) is 6. The number of hydrogen-bond donors (Lipinski definition) is 3. The zero-order valence-corrected chi connectivity index (χ0v) is 17.1. The monoisotopic (exact) mass is 417 g/mol. The number of nitrogens with one attached hydrogen (secondary N) is 2. The third kappa shape index (κ3) is 6.15. The van der Waals surface area contributed by atoms with Gasteiger partial charge in [0.15, 0.2) is 6.10 Å². The Morgan fingerprint density at radius 2 is 1.69 bits per heavy atom. The molecule has 4 N–H and O–H groups in total. The van der Waals surface area contributed by atoms with Crippen molar-refractivity contribution in [1.29, 1.82) is 0 Å². The van der Waals surface area contributed by atoms with Crippen LogP contribution in [0.2, 0.25) is 0 Å². The number of rotatable bonds is 8. The van der Waals surface area contributed by atoms with Crippen LogP contribution in [0.5, 0.6) is 0 Å². The molecule has 1 heterocycles. The van der Waals surface area contributed by atoms with Gasteiger partial charge in [-0.1, -0.05) is 19.9 Å². The minimum Gasteiger partial charge on any atom is -0.451 e. The highest BCUT2D eigenvalue weighted by Gasteiger charge is 2.29. The maximum atomic E-state index is 12.5. The van der Waals surface area contributed by atoms with Crippen LogP contribution in [-0.2, 0) is 14.3 Å². The Morgan fingerprint density at radius 1 is 1.03 bits per heavy atom. The van der Waals surface area contributed by atoms with Gasteiger partial charge in [0.2, 0.25) is 5.91 Å². The molecule has 1 aromatic heterocycles. The maximum absolute atomic E-state index is 12.5. The predicted molar refractivity (Wildman–Crippen MR) is 110 cm³/mol. The molecule has 0 fully saturated rings. The Hall–Kier alpha value is -3.20. The summed E-state index contributed by atoms with van der Waals surface area (Å²) in [6.07, 6.45) is -1.08. The van der Waals surface area contributed by atoms with Crippen LogP contribution < -0.4 is 16.4 Å². The summed E-state index contributed by atoms with van der Waals surface area (Å²) in [5.41, 5.74) is 5.91. The van der Waals surface area contributed by atoms with Gasteiger partial charge in [-0.15, -0.1) is 11.3 Å². The second-order valence-electron chi connectivity index (χ2n) is 6.68. The first kappa shape index (κ1) is 22.1. The van der Waals surface area contributed by atoms with E-state index in [0.29, 0.717) is 16.1 Å². The summed E-state index contributed by atoms with van der Waals surface area (Å²) >= 11 is 1.26. The molecule has 0 saturated heterocycles. The molecule has 0 aliphatic rings. The molecule has 154 valence electrons. The predicted octanol–water partition coefficient (Wildman–Crippen LogP) is 2.17. The van der Waals surface area contributed by atoms with Gasteiger partial charge in [0, 0.05) is 11.3 Å². The van der Waals surface area contributed by atoms with E-state index in [1.165, 1.54) is 42.5 Å². The first-order valence-electron chi connectivity index (χ1n) is 8.94. The fraction of sp³-hybridized carbons (Fsp3) is 0.300. The van der Waals surface area contributed by atoms with Crippen LogP contribution in [0.4, 0.5) is 5.69 Å². The van der Waals surface area contributed by atoms with Crippen LogP contribution in [0.1, 0.15) is 40.8 Å². The minimum absolute atomic E-state index is 0.233. The lowest BCUT2D eigenvalue weighted by atomic mass is 10.0. The van der Waals surface area contributed by atoms with E-state index >= 15 is 0 Å². The Balaban J connectivity index is 1.96. The Morgan fingerprint density at radius 3 is 2.21 bits per heavy atom. The van der Waals surface area contributed by atoms with E-state index in [-0.39, 0.29) is 11.8 Å². The minimum atomic E-state index is -1.08. The average molecular weight is 417 g/mol. The third-order valence-corrected chi connectivity index (χ3v) is 4.92. The van der Waals surface area contributed by atoms with Gasteiger partial charge in [0.05, 0.1) is 4.88 Å². The van der Waals surface area contributed by atoms with E-state index in [1.54, 1.807) is 31.4 Å². The van der Waals surface area contributed by atoms with Crippen molar-refractivity contribution in [2.24, 2.45) is 11.7 Å². The zero-order chi connectivity index (χ0) is 21.6. The van der Waals surface area contributed by atoms with E-state index in [9.17, 15) is 19.2 Å². The molecule has 1 aromatic carbocycles. The van der Waals surface area contributed by atoms with Gasteiger partial charge in [-0.05, 0) is 48.6 Å². The second kappa shape index (κ2) is 9.83. The van der Waals surface area contributed by atoms with Crippen molar-refractivity contribution in [2.45, 2.75) is 32.9 Å². The lowest BCUT2D eigenvalue weighted by molar-refractivity contribution is -0.156. The number of ether oxygens (including phenoxy) is 1. The van der Waals surface area contributed by atoms with Gasteiger partial charge in [-0.25, -0.2) is 4.79 Å². The van der Waals surface area contributed by atoms with E-state index in [2.05, 4.69) is 10.6 Å². The van der Waals surface area contributed by atoms with Crippen molar-refractivity contribution < 1.29 is 23.9 Å². The molecule has 0 radical (unpaired) electrons. The lowest BCUT2D eigenvalue weighted by Crippen LogP contribution is -2.47. The summed E-state index contributed by atoms with van der Waals surface area (Å²) in [5.74, 6) is -2.42. The number of amides is 3. The molecule has 2 rings (SSSR count). The van der Waals surface area contributed by atoms with Crippen LogP contribution in [0, 0.1) is 5.92 Å². The lowest BCUT2D eigenvalue weighted by Gasteiger charge is -2.22. The van der Waals surface area contributed by atoms with Crippen LogP contribution in [0.25, 0.3) is 0 Å². The standard InChI is InChI=1S/C20H23N3O5S/c1-11(2)16(23-19(26)15-5-4-10-29-15)20(27)28-12(3)18(25)22-14-8-6-13(7-9-14)17(21)24/h4-12,16H,1-3H3,(H2,21,24)(H,22,25)(H,23,26)/t12-,16-/m1/s1. The molecule has 29 heavy (non-hydrogen) atoms. The highest BCUT2D eigenvalue weighted by molar-refractivity contribution is 7.12. The molecule has 2 aromatic rings. The Labute approximate surface area is 172 Å². The van der Waals surface area contributed by atoms with E-state index < -0.39 is 29.9 Å². The largest absolute Gasteiger partial charge is 0.451 e. The summed E-state index contributed by atoms with van der Waals surface area (Å²) in [7, 11) is 0. The topological polar surface area (TPSA) is 128 Å². The van der Waals surface area contributed by atoms with Crippen LogP contribution in [0.3, 0.4) is 0 Å². The third-order valence-electron chi connectivity index (χ3n) is 4.05. The molecule has 2 atom stereocenters. The molecule has 0 spiro atoms. The van der Waals surface area contributed by atoms with Gasteiger partial charge >= 0.3 is 5.97 Å². The highest BCUT2D eigenvalue weighted by Crippen LogP contribution is 2.13. The Bertz CT molecular complexity index is 878. The summed E-state index contributed by atoms with van der Waals surface area (Å²) in [6, 6.07) is 8.49. The molecule has 9 heteroatoms. The van der Waals surface area contributed by atoms with E-state index in [4.69, 9.17) is 10.5 Å². The van der Waals surface area contributed by atoms with Crippen LogP contribution in [-0.4, -0.2) is 35.8 Å². The second-order valence-corrected chi connectivity index (χ2v) is 7.63. The number of benzene rings is 1. The van der Waals surface area contributed by atoms with Gasteiger partial charge < -0.3 is 21.1 Å². The van der Waals surface area contributed by atoms with Crippen molar-refractivity contribution in [2.75, 3.05) is 5.32 Å². The first-order valence-corrected chi connectivity index (χ1v) is 9.82. The smallest absolute Gasteiger partial charge is 0.329 e. The Kier molecular flexibility index (Phi) is 7.49. The fourth-order valence-electron chi connectivity index (χ4n) is 2.38.